The molecule has 0 aliphatic carbocycles. The Labute approximate surface area is 377 Å². The van der Waals surface area contributed by atoms with Crippen molar-refractivity contribution < 1.29 is 27.9 Å². The van der Waals surface area contributed by atoms with Crippen LogP contribution in [0.4, 0.5) is 5.69 Å². The van der Waals surface area contributed by atoms with Crippen molar-refractivity contribution >= 4 is 68.2 Å². The number of anilines is 1. The molecule has 4 aromatic carbocycles. The van der Waals surface area contributed by atoms with Crippen molar-refractivity contribution in [3.63, 3.8) is 0 Å². The van der Waals surface area contributed by atoms with Crippen LogP contribution in [-0.2, 0) is 36.0 Å². The molecule has 0 spiro atoms. The molecule has 2 aliphatic rings. The number of fused-ring (bicyclic) bond motifs is 2. The maximum absolute atomic E-state index is 14.8. The van der Waals surface area contributed by atoms with Crippen LogP contribution in [0.2, 0.25) is 15.1 Å². The van der Waals surface area contributed by atoms with Gasteiger partial charge in [-0.3, -0.25) is 14.4 Å². The standard InChI is InChI=1S/C46H49Cl3N6O6S/c1-4-6-19-52(20-7-5-2)46(59)43-42(49)29(3)55(50-43)41-16-13-33(25-37(41)45(58)54-27-34-11-9-8-10-31(34)23-35(54)28-56)44(57)51-62(60,61)36-14-17-40-32(24-36)18-21-53(40)26-30-12-15-38(47)39(48)22-30/h8-17,22,24-25,35,56H,4-7,18-21,23,26-28H2,1-3H3,(H,51,57). The van der Waals surface area contributed by atoms with E-state index in [4.69, 9.17) is 34.8 Å². The van der Waals surface area contributed by atoms with E-state index in [1.54, 1.807) is 41.0 Å². The average molecular weight is 920 g/mol. The van der Waals surface area contributed by atoms with Gasteiger partial charge in [0.15, 0.2) is 5.69 Å². The van der Waals surface area contributed by atoms with Gasteiger partial charge in [0, 0.05) is 44.0 Å². The van der Waals surface area contributed by atoms with E-state index in [0.717, 1.165) is 53.6 Å². The minimum Gasteiger partial charge on any atom is -0.394 e. The number of carbonyl (C=O) groups excluding carboxylic acids is 3. The number of aliphatic hydroxyl groups excluding tert-OH is 1. The summed E-state index contributed by atoms with van der Waals surface area (Å²) in [6, 6.07) is 21.5. The fourth-order valence-electron chi connectivity index (χ4n) is 8.07. The number of rotatable bonds is 15. The minimum atomic E-state index is -4.37. The minimum absolute atomic E-state index is 0.00237. The van der Waals surface area contributed by atoms with Gasteiger partial charge in [0.1, 0.15) is 0 Å². The zero-order valence-electron chi connectivity index (χ0n) is 34.8. The van der Waals surface area contributed by atoms with E-state index < -0.39 is 27.9 Å². The number of nitrogens with one attached hydrogen (secondary N) is 1. The summed E-state index contributed by atoms with van der Waals surface area (Å²) < 4.78 is 31.2. The van der Waals surface area contributed by atoms with Gasteiger partial charge >= 0.3 is 0 Å². The Hall–Kier alpha value is -4.92. The average Bonchev–Trinajstić information content (AvgIpc) is 3.81. The molecule has 0 fully saturated rings. The van der Waals surface area contributed by atoms with Crippen LogP contribution in [0.5, 0.6) is 0 Å². The third-order valence-corrected chi connectivity index (χ3v) is 14.1. The number of aromatic nitrogens is 2. The van der Waals surface area contributed by atoms with Gasteiger partial charge < -0.3 is 19.8 Å². The van der Waals surface area contributed by atoms with E-state index >= 15 is 0 Å². The molecular weight excluding hydrogens is 871 g/mol. The second-order valence-electron chi connectivity index (χ2n) is 15.8. The van der Waals surface area contributed by atoms with E-state index in [9.17, 15) is 27.9 Å². The molecule has 16 heteroatoms. The summed E-state index contributed by atoms with van der Waals surface area (Å²) in [4.78, 5) is 48.0. The summed E-state index contributed by atoms with van der Waals surface area (Å²) in [5.41, 5.74) is 5.10. The molecule has 12 nitrogen and oxygen atoms in total. The van der Waals surface area contributed by atoms with Crippen LogP contribution in [-0.4, -0.2) is 83.1 Å². The Balaban J connectivity index is 1.21. The summed E-state index contributed by atoms with van der Waals surface area (Å²) in [5, 5.41) is 16.2. The molecule has 5 aromatic rings. The Morgan fingerprint density at radius 3 is 2.27 bits per heavy atom. The Kier molecular flexibility index (Phi) is 14.0. The molecule has 3 heterocycles. The normalized spacial score (nSPS) is 14.7. The lowest BCUT2D eigenvalue weighted by atomic mass is 9.93. The molecule has 0 bridgehead atoms. The summed E-state index contributed by atoms with van der Waals surface area (Å²) in [7, 11) is -4.37. The second kappa shape index (κ2) is 19.2. The highest BCUT2D eigenvalue weighted by atomic mass is 35.5. The van der Waals surface area contributed by atoms with Crippen LogP contribution in [0.15, 0.2) is 83.8 Å². The molecule has 0 radical (unpaired) electrons. The van der Waals surface area contributed by atoms with Crippen LogP contribution in [0.1, 0.15) is 98.7 Å². The first-order chi connectivity index (χ1) is 29.7. The zero-order chi connectivity index (χ0) is 44.3. The van der Waals surface area contributed by atoms with Crippen molar-refractivity contribution in [1.29, 1.82) is 0 Å². The summed E-state index contributed by atoms with van der Waals surface area (Å²) in [6.07, 6.45) is 4.40. The fourth-order valence-corrected chi connectivity index (χ4v) is 9.61. The molecule has 3 amide bonds. The number of sulfonamides is 1. The lowest BCUT2D eigenvalue weighted by Crippen LogP contribution is -2.46. The van der Waals surface area contributed by atoms with Gasteiger partial charge in [0.05, 0.1) is 49.6 Å². The van der Waals surface area contributed by atoms with Crippen molar-refractivity contribution in [2.75, 3.05) is 31.1 Å². The van der Waals surface area contributed by atoms with Gasteiger partial charge in [-0.2, -0.15) is 5.10 Å². The lowest BCUT2D eigenvalue weighted by molar-refractivity contribution is 0.0544. The van der Waals surface area contributed by atoms with Gasteiger partial charge in [-0.05, 0) is 103 Å². The van der Waals surface area contributed by atoms with E-state index in [1.807, 2.05) is 30.3 Å². The SMILES string of the molecule is CCCCN(CCCC)C(=O)c1nn(-c2ccc(C(=O)NS(=O)(=O)c3ccc4c(c3)CCN4Cc3ccc(Cl)c(Cl)c3)cc2C(=O)N2Cc3ccccc3CC2CO)c(C)c1Cl. The van der Waals surface area contributed by atoms with Crippen LogP contribution in [0, 0.1) is 6.92 Å². The summed E-state index contributed by atoms with van der Waals surface area (Å²) >= 11 is 19.2. The number of halogens is 3. The molecule has 7 rings (SSSR count). The van der Waals surface area contributed by atoms with Crippen molar-refractivity contribution in [3.05, 3.63) is 139 Å². The number of hydrogen-bond donors (Lipinski definition) is 2. The maximum Gasteiger partial charge on any atom is 0.275 e. The third-order valence-electron chi connectivity index (χ3n) is 11.6. The molecule has 1 atom stereocenters. The maximum atomic E-state index is 14.8. The smallest absolute Gasteiger partial charge is 0.275 e. The van der Waals surface area contributed by atoms with Gasteiger partial charge in [-0.25, -0.2) is 17.8 Å². The number of carbonyl (C=O) groups is 3. The van der Waals surface area contributed by atoms with Crippen molar-refractivity contribution in [1.82, 2.24) is 24.3 Å². The number of amides is 3. The van der Waals surface area contributed by atoms with Gasteiger partial charge in [-0.15, -0.1) is 0 Å². The van der Waals surface area contributed by atoms with E-state index in [0.29, 0.717) is 54.8 Å². The summed E-state index contributed by atoms with van der Waals surface area (Å²) in [5.74, 6) is -1.81. The molecule has 2 aliphatic heterocycles. The topological polar surface area (TPSA) is 145 Å². The first-order valence-electron chi connectivity index (χ1n) is 20.8. The highest BCUT2D eigenvalue weighted by molar-refractivity contribution is 7.90. The largest absolute Gasteiger partial charge is 0.394 e. The van der Waals surface area contributed by atoms with Crippen molar-refractivity contribution in [3.8, 4) is 5.69 Å². The molecule has 1 unspecified atom stereocenters. The van der Waals surface area contributed by atoms with Crippen LogP contribution in [0.3, 0.4) is 0 Å². The molecule has 0 saturated carbocycles. The van der Waals surface area contributed by atoms with E-state index in [-0.39, 0.29) is 51.5 Å². The van der Waals surface area contributed by atoms with Crippen LogP contribution >= 0.6 is 34.8 Å². The monoisotopic (exact) mass is 918 g/mol. The van der Waals surface area contributed by atoms with Crippen molar-refractivity contribution in [2.24, 2.45) is 0 Å². The van der Waals surface area contributed by atoms with E-state index in [2.05, 4.69) is 28.6 Å². The predicted octanol–water partition coefficient (Wildman–Crippen LogP) is 8.42. The fraction of sp³-hybridized carbons (Fsp3) is 0.348. The number of benzene rings is 4. The highest BCUT2D eigenvalue weighted by Gasteiger charge is 2.34. The Morgan fingerprint density at radius 2 is 1.58 bits per heavy atom. The van der Waals surface area contributed by atoms with Crippen LogP contribution < -0.4 is 9.62 Å². The Bertz CT molecular complexity index is 2630. The molecule has 1 aromatic heterocycles. The van der Waals surface area contributed by atoms with E-state index in [1.165, 1.54) is 28.9 Å². The first-order valence-corrected chi connectivity index (χ1v) is 23.4. The molecule has 62 heavy (non-hydrogen) atoms. The summed E-state index contributed by atoms with van der Waals surface area (Å²) in [6.45, 7) is 7.93. The van der Waals surface area contributed by atoms with Gasteiger partial charge in [0.25, 0.3) is 27.7 Å². The molecule has 2 N–H and O–H groups in total. The second-order valence-corrected chi connectivity index (χ2v) is 18.7. The number of aliphatic hydroxyl groups is 1. The van der Waals surface area contributed by atoms with Crippen LogP contribution in [0.25, 0.3) is 5.69 Å². The Morgan fingerprint density at radius 1 is 0.871 bits per heavy atom. The highest BCUT2D eigenvalue weighted by Crippen LogP contribution is 2.34. The van der Waals surface area contributed by atoms with Gasteiger partial charge in [0.2, 0.25) is 0 Å². The molecule has 326 valence electrons. The third kappa shape index (κ3) is 9.38. The number of hydrogen-bond acceptors (Lipinski definition) is 8. The lowest BCUT2D eigenvalue weighted by Gasteiger charge is -2.36. The van der Waals surface area contributed by atoms with Gasteiger partial charge in [-0.1, -0.05) is 91.8 Å². The van der Waals surface area contributed by atoms with Crippen molar-refractivity contribution in [2.45, 2.75) is 83.3 Å². The quantitative estimate of drug-likeness (QED) is 0.107. The number of nitrogens with zero attached hydrogens (tertiary/aromatic N) is 5. The molecular formula is C46H49Cl3N6O6S. The number of unbranched alkanes of at least 4 members (excludes halogenated alkanes) is 2. The first kappa shape index (κ1) is 45.1. The predicted molar refractivity (Wildman–Crippen MR) is 242 cm³/mol. The molecule has 0 saturated heterocycles. The zero-order valence-corrected chi connectivity index (χ0v) is 37.9.